The first kappa shape index (κ1) is 17.8. The highest BCUT2D eigenvalue weighted by Crippen LogP contribution is 2.25. The molecular formula is C21H27N5O. The zero-order chi connectivity index (χ0) is 18.5. The number of benzene rings is 1. The van der Waals surface area contributed by atoms with Crippen molar-refractivity contribution in [1.82, 2.24) is 9.97 Å². The van der Waals surface area contributed by atoms with Crippen LogP contribution in [0.4, 0.5) is 17.3 Å². The summed E-state index contributed by atoms with van der Waals surface area (Å²) in [5.41, 5.74) is 1.95. The molecule has 1 aliphatic carbocycles. The van der Waals surface area contributed by atoms with Crippen LogP contribution >= 0.6 is 0 Å². The van der Waals surface area contributed by atoms with Crippen LogP contribution in [0, 0.1) is 5.92 Å². The number of anilines is 3. The molecule has 4 rings (SSSR count). The second-order valence-electron chi connectivity index (χ2n) is 7.41. The van der Waals surface area contributed by atoms with Gasteiger partial charge in [0.25, 0.3) is 0 Å². The number of amides is 1. The monoisotopic (exact) mass is 365 g/mol. The van der Waals surface area contributed by atoms with Crippen molar-refractivity contribution in [3.63, 3.8) is 0 Å². The summed E-state index contributed by atoms with van der Waals surface area (Å²) in [5, 5.41) is 2.98. The van der Waals surface area contributed by atoms with Gasteiger partial charge in [0.05, 0.1) is 18.1 Å². The van der Waals surface area contributed by atoms with Crippen molar-refractivity contribution in [2.45, 2.75) is 32.1 Å². The van der Waals surface area contributed by atoms with E-state index in [1.54, 1.807) is 12.4 Å². The maximum Gasteiger partial charge on any atom is 0.227 e. The topological polar surface area (TPSA) is 61.4 Å². The molecule has 0 bridgehead atoms. The third kappa shape index (κ3) is 4.38. The summed E-state index contributed by atoms with van der Waals surface area (Å²) in [5.74, 6) is 0.991. The van der Waals surface area contributed by atoms with Crippen LogP contribution in [-0.4, -0.2) is 42.1 Å². The van der Waals surface area contributed by atoms with Crippen LogP contribution in [0.1, 0.15) is 32.1 Å². The standard InChI is InChI=1S/C21H27N5O/c27-20(17-7-3-1-4-8-17)24-18-15-22-21(23-16-18)26-13-11-25(12-14-26)19-9-5-2-6-10-19/h2,5-6,9-10,15-17H,1,3-4,7-8,11-14H2,(H,24,27). The minimum atomic E-state index is 0.113. The van der Waals surface area contributed by atoms with Gasteiger partial charge in [-0.15, -0.1) is 0 Å². The Bertz CT molecular complexity index is 735. The Kier molecular flexibility index (Phi) is 5.51. The fourth-order valence-corrected chi connectivity index (χ4v) is 3.96. The highest BCUT2D eigenvalue weighted by Gasteiger charge is 2.22. The van der Waals surface area contributed by atoms with Gasteiger partial charge < -0.3 is 15.1 Å². The Labute approximate surface area is 160 Å². The Hall–Kier alpha value is -2.63. The van der Waals surface area contributed by atoms with Crippen LogP contribution < -0.4 is 15.1 Å². The fraction of sp³-hybridized carbons (Fsp3) is 0.476. The second-order valence-corrected chi connectivity index (χ2v) is 7.41. The van der Waals surface area contributed by atoms with Crippen LogP contribution in [0.2, 0.25) is 0 Å². The molecular weight excluding hydrogens is 338 g/mol. The van der Waals surface area contributed by atoms with Crippen molar-refractivity contribution in [1.29, 1.82) is 0 Å². The summed E-state index contributed by atoms with van der Waals surface area (Å²) in [4.78, 5) is 25.9. The lowest BCUT2D eigenvalue weighted by atomic mass is 9.89. The van der Waals surface area contributed by atoms with Gasteiger partial charge in [-0.1, -0.05) is 37.5 Å². The second kappa shape index (κ2) is 8.37. The molecule has 6 heteroatoms. The molecule has 1 N–H and O–H groups in total. The molecule has 1 saturated heterocycles. The van der Waals surface area contributed by atoms with E-state index in [9.17, 15) is 4.79 Å². The van der Waals surface area contributed by atoms with Gasteiger partial charge in [0.2, 0.25) is 11.9 Å². The number of nitrogens with zero attached hydrogens (tertiary/aromatic N) is 4. The molecule has 1 aromatic carbocycles. The summed E-state index contributed by atoms with van der Waals surface area (Å²) in [6, 6.07) is 10.5. The smallest absolute Gasteiger partial charge is 0.227 e. The summed E-state index contributed by atoms with van der Waals surface area (Å²) < 4.78 is 0. The molecule has 27 heavy (non-hydrogen) atoms. The van der Waals surface area contributed by atoms with E-state index in [1.165, 1.54) is 12.1 Å². The SMILES string of the molecule is O=C(Nc1cnc(N2CCN(c3ccccc3)CC2)nc1)C1CCCCC1. The molecule has 1 aliphatic heterocycles. The molecule has 2 aliphatic rings. The van der Waals surface area contributed by atoms with Gasteiger partial charge in [-0.3, -0.25) is 4.79 Å². The average molecular weight is 365 g/mol. The van der Waals surface area contributed by atoms with Crippen molar-refractivity contribution in [2.75, 3.05) is 41.3 Å². The van der Waals surface area contributed by atoms with Crippen molar-refractivity contribution in [3.05, 3.63) is 42.7 Å². The minimum Gasteiger partial charge on any atom is -0.368 e. The third-order valence-corrected chi connectivity index (χ3v) is 5.57. The molecule has 142 valence electrons. The van der Waals surface area contributed by atoms with E-state index in [0.29, 0.717) is 5.69 Å². The first-order valence-electron chi connectivity index (χ1n) is 9.97. The number of para-hydroxylation sites is 1. The van der Waals surface area contributed by atoms with Crippen LogP contribution in [0.15, 0.2) is 42.7 Å². The van der Waals surface area contributed by atoms with E-state index in [0.717, 1.165) is 57.8 Å². The summed E-state index contributed by atoms with van der Waals surface area (Å²) >= 11 is 0. The van der Waals surface area contributed by atoms with Crippen LogP contribution in [-0.2, 0) is 4.79 Å². The molecule has 1 aromatic heterocycles. The van der Waals surface area contributed by atoms with Gasteiger partial charge in [-0.05, 0) is 25.0 Å². The maximum atomic E-state index is 12.3. The Morgan fingerprint density at radius 1 is 0.889 bits per heavy atom. The van der Waals surface area contributed by atoms with Crippen molar-refractivity contribution >= 4 is 23.2 Å². The van der Waals surface area contributed by atoms with Crippen molar-refractivity contribution in [2.24, 2.45) is 5.92 Å². The lowest BCUT2D eigenvalue weighted by Gasteiger charge is -2.36. The van der Waals surface area contributed by atoms with Gasteiger partial charge in [0.15, 0.2) is 0 Å². The van der Waals surface area contributed by atoms with E-state index in [4.69, 9.17) is 0 Å². The molecule has 1 amide bonds. The highest BCUT2D eigenvalue weighted by atomic mass is 16.1. The molecule has 0 atom stereocenters. The molecule has 1 saturated carbocycles. The van der Waals surface area contributed by atoms with Crippen molar-refractivity contribution < 1.29 is 4.79 Å². The quantitative estimate of drug-likeness (QED) is 0.901. The predicted molar refractivity (Wildman–Crippen MR) is 108 cm³/mol. The van der Waals surface area contributed by atoms with E-state index in [1.807, 2.05) is 6.07 Å². The van der Waals surface area contributed by atoms with Gasteiger partial charge in [-0.2, -0.15) is 0 Å². The number of rotatable bonds is 4. The average Bonchev–Trinajstić information content (AvgIpc) is 2.76. The van der Waals surface area contributed by atoms with Crippen LogP contribution in [0.25, 0.3) is 0 Å². The summed E-state index contributed by atoms with van der Waals surface area (Å²) in [7, 11) is 0. The molecule has 0 unspecified atom stereocenters. The first-order chi connectivity index (χ1) is 13.3. The number of carbonyl (C=O) groups excluding carboxylic acids is 1. The normalized spacial score (nSPS) is 18.4. The van der Waals surface area contributed by atoms with Crippen LogP contribution in [0.3, 0.4) is 0 Å². The molecule has 0 radical (unpaired) electrons. The van der Waals surface area contributed by atoms with Gasteiger partial charge in [-0.25, -0.2) is 9.97 Å². The Morgan fingerprint density at radius 3 is 2.19 bits per heavy atom. The number of hydrogen-bond donors (Lipinski definition) is 1. The zero-order valence-corrected chi connectivity index (χ0v) is 15.7. The van der Waals surface area contributed by atoms with E-state index >= 15 is 0 Å². The van der Waals surface area contributed by atoms with E-state index in [2.05, 4.69) is 49.4 Å². The van der Waals surface area contributed by atoms with Gasteiger partial charge in [0.1, 0.15) is 0 Å². The number of nitrogens with one attached hydrogen (secondary N) is 1. The summed E-state index contributed by atoms with van der Waals surface area (Å²) in [6.07, 6.45) is 9.01. The van der Waals surface area contributed by atoms with Gasteiger partial charge in [0, 0.05) is 37.8 Å². The first-order valence-corrected chi connectivity index (χ1v) is 9.97. The van der Waals surface area contributed by atoms with Crippen LogP contribution in [0.5, 0.6) is 0 Å². The van der Waals surface area contributed by atoms with E-state index in [-0.39, 0.29) is 11.8 Å². The predicted octanol–water partition coefficient (Wildman–Crippen LogP) is 3.32. The largest absolute Gasteiger partial charge is 0.368 e. The molecule has 2 heterocycles. The molecule has 2 aromatic rings. The highest BCUT2D eigenvalue weighted by molar-refractivity contribution is 5.92. The summed E-state index contributed by atoms with van der Waals surface area (Å²) in [6.45, 7) is 3.69. The van der Waals surface area contributed by atoms with E-state index < -0.39 is 0 Å². The van der Waals surface area contributed by atoms with Gasteiger partial charge >= 0.3 is 0 Å². The fourth-order valence-electron chi connectivity index (χ4n) is 3.96. The van der Waals surface area contributed by atoms with Crippen molar-refractivity contribution in [3.8, 4) is 0 Å². The Balaban J connectivity index is 1.31. The molecule has 6 nitrogen and oxygen atoms in total. The lowest BCUT2D eigenvalue weighted by molar-refractivity contribution is -0.120. The Morgan fingerprint density at radius 2 is 1.52 bits per heavy atom. The number of carbonyl (C=O) groups is 1. The third-order valence-electron chi connectivity index (χ3n) is 5.57. The molecule has 2 fully saturated rings. The number of hydrogen-bond acceptors (Lipinski definition) is 5. The maximum absolute atomic E-state index is 12.3. The number of piperazine rings is 1. The zero-order valence-electron chi connectivity index (χ0n) is 15.7. The molecule has 0 spiro atoms. The lowest BCUT2D eigenvalue weighted by Crippen LogP contribution is -2.47. The minimum absolute atomic E-state index is 0.113. The number of aromatic nitrogens is 2.